The van der Waals surface area contributed by atoms with Crippen molar-refractivity contribution < 1.29 is 14.6 Å². The summed E-state index contributed by atoms with van der Waals surface area (Å²) < 4.78 is 5.68. The largest absolute Gasteiger partial charge is 0.493 e. The summed E-state index contributed by atoms with van der Waals surface area (Å²) in [5.74, 6) is 0.657. The fraction of sp³-hybridized carbons (Fsp3) is 0.235. The molecule has 0 amide bonds. The van der Waals surface area contributed by atoms with Gasteiger partial charge in [0.25, 0.3) is 5.69 Å². The summed E-state index contributed by atoms with van der Waals surface area (Å²) in [4.78, 5) is 20.5. The van der Waals surface area contributed by atoms with Gasteiger partial charge >= 0.3 is 5.69 Å². The van der Waals surface area contributed by atoms with Crippen molar-refractivity contribution in [1.29, 1.82) is 0 Å². The van der Waals surface area contributed by atoms with Crippen molar-refractivity contribution in [3.63, 3.8) is 0 Å². The van der Waals surface area contributed by atoms with Crippen LogP contribution in [0.3, 0.4) is 0 Å². The fourth-order valence-corrected chi connectivity index (χ4v) is 2.10. The molecule has 2 aromatic carbocycles. The number of nitro groups is 2. The molecule has 0 unspecified atom stereocenters. The molecular formula is C17H18N4O5. The maximum absolute atomic E-state index is 11.1. The van der Waals surface area contributed by atoms with E-state index in [1.807, 2.05) is 18.2 Å². The highest BCUT2D eigenvalue weighted by Gasteiger charge is 2.19. The number of ether oxygens (including phenoxy) is 1. The van der Waals surface area contributed by atoms with Crippen molar-refractivity contribution in [3.8, 4) is 5.75 Å². The SMILES string of the molecule is CCCCOc1ccccc1C=NNc1ccc([N+](=O)[O-])cc1[N+](=O)[O-]. The molecule has 136 valence electrons. The van der Waals surface area contributed by atoms with E-state index in [4.69, 9.17) is 4.74 Å². The number of benzene rings is 2. The number of rotatable bonds is 9. The summed E-state index contributed by atoms with van der Waals surface area (Å²) in [5, 5.41) is 25.8. The van der Waals surface area contributed by atoms with Gasteiger partial charge in [-0.15, -0.1) is 0 Å². The molecule has 2 aromatic rings. The van der Waals surface area contributed by atoms with Gasteiger partial charge in [-0.3, -0.25) is 25.7 Å². The van der Waals surface area contributed by atoms with Gasteiger partial charge in [-0.2, -0.15) is 5.10 Å². The smallest absolute Gasteiger partial charge is 0.301 e. The van der Waals surface area contributed by atoms with Crippen LogP contribution in [0.5, 0.6) is 5.75 Å². The van der Waals surface area contributed by atoms with Crippen molar-refractivity contribution >= 4 is 23.3 Å². The number of unbranched alkanes of at least 4 members (excludes halogenated alkanes) is 1. The minimum atomic E-state index is -0.702. The number of para-hydroxylation sites is 1. The van der Waals surface area contributed by atoms with Gasteiger partial charge < -0.3 is 4.74 Å². The van der Waals surface area contributed by atoms with Crippen LogP contribution in [0.15, 0.2) is 47.6 Å². The highest BCUT2D eigenvalue weighted by molar-refractivity contribution is 5.84. The average molecular weight is 358 g/mol. The maximum atomic E-state index is 11.1. The number of nitro benzene ring substituents is 2. The second kappa shape index (κ2) is 9.11. The molecule has 26 heavy (non-hydrogen) atoms. The molecule has 0 spiro atoms. The molecule has 1 N–H and O–H groups in total. The molecule has 0 aliphatic heterocycles. The van der Waals surface area contributed by atoms with Gasteiger partial charge in [-0.05, 0) is 24.6 Å². The van der Waals surface area contributed by atoms with E-state index in [2.05, 4.69) is 17.5 Å². The Balaban J connectivity index is 2.16. The highest BCUT2D eigenvalue weighted by atomic mass is 16.6. The second-order valence-corrected chi connectivity index (χ2v) is 5.33. The first-order chi connectivity index (χ1) is 12.5. The number of nitrogens with zero attached hydrogens (tertiary/aromatic N) is 3. The number of nitrogens with one attached hydrogen (secondary N) is 1. The topological polar surface area (TPSA) is 120 Å². The third kappa shape index (κ3) is 5.00. The van der Waals surface area contributed by atoms with Crippen LogP contribution in [0.2, 0.25) is 0 Å². The lowest BCUT2D eigenvalue weighted by Gasteiger charge is -2.08. The predicted molar refractivity (Wildman–Crippen MR) is 97.8 cm³/mol. The minimum absolute atomic E-state index is 0.0567. The standard InChI is InChI=1S/C17H18N4O5/c1-2-3-10-26-17-7-5-4-6-13(17)12-18-19-15-9-8-14(20(22)23)11-16(15)21(24)25/h4-9,11-12,19H,2-3,10H2,1H3. The molecule has 0 aliphatic carbocycles. The second-order valence-electron chi connectivity index (χ2n) is 5.33. The van der Waals surface area contributed by atoms with Crippen molar-refractivity contribution in [3.05, 3.63) is 68.3 Å². The predicted octanol–water partition coefficient (Wildman–Crippen LogP) is 4.13. The molecule has 0 fully saturated rings. The molecule has 2 rings (SSSR count). The first-order valence-electron chi connectivity index (χ1n) is 7.96. The molecule has 0 saturated heterocycles. The zero-order valence-corrected chi connectivity index (χ0v) is 14.1. The van der Waals surface area contributed by atoms with Crippen molar-refractivity contribution in [1.82, 2.24) is 0 Å². The van der Waals surface area contributed by atoms with E-state index >= 15 is 0 Å². The van der Waals surface area contributed by atoms with Crippen LogP contribution in [0, 0.1) is 20.2 Å². The lowest BCUT2D eigenvalue weighted by molar-refractivity contribution is -0.393. The van der Waals surface area contributed by atoms with Crippen molar-refractivity contribution in [2.24, 2.45) is 5.10 Å². The van der Waals surface area contributed by atoms with E-state index in [-0.39, 0.29) is 11.4 Å². The summed E-state index contributed by atoms with van der Waals surface area (Å²) in [7, 11) is 0. The molecule has 9 heteroatoms. The van der Waals surface area contributed by atoms with Gasteiger partial charge in [0.1, 0.15) is 11.4 Å². The van der Waals surface area contributed by atoms with Gasteiger partial charge in [0.15, 0.2) is 0 Å². The Morgan fingerprint density at radius 1 is 1.15 bits per heavy atom. The van der Waals surface area contributed by atoms with Crippen LogP contribution in [0.25, 0.3) is 0 Å². The fourth-order valence-electron chi connectivity index (χ4n) is 2.10. The third-order valence-electron chi connectivity index (χ3n) is 3.45. The van der Waals surface area contributed by atoms with Crippen LogP contribution in [-0.2, 0) is 0 Å². The Bertz CT molecular complexity index is 823. The Kier molecular flexibility index (Phi) is 6.60. The molecule has 0 radical (unpaired) electrons. The van der Waals surface area contributed by atoms with Gasteiger partial charge in [-0.1, -0.05) is 25.5 Å². The van der Waals surface area contributed by atoms with Gasteiger partial charge in [0.2, 0.25) is 0 Å². The van der Waals surface area contributed by atoms with E-state index in [0.717, 1.165) is 18.9 Å². The van der Waals surface area contributed by atoms with Crippen LogP contribution < -0.4 is 10.2 Å². The van der Waals surface area contributed by atoms with Gasteiger partial charge in [0.05, 0.1) is 28.7 Å². The van der Waals surface area contributed by atoms with Crippen LogP contribution in [0.4, 0.5) is 17.1 Å². The van der Waals surface area contributed by atoms with Crippen LogP contribution in [0.1, 0.15) is 25.3 Å². The highest BCUT2D eigenvalue weighted by Crippen LogP contribution is 2.29. The summed E-state index contributed by atoms with van der Waals surface area (Å²) >= 11 is 0. The van der Waals surface area contributed by atoms with E-state index < -0.39 is 15.5 Å². The summed E-state index contributed by atoms with van der Waals surface area (Å²) in [6.45, 7) is 2.65. The molecule has 0 heterocycles. The van der Waals surface area contributed by atoms with E-state index in [9.17, 15) is 20.2 Å². The van der Waals surface area contributed by atoms with Crippen LogP contribution >= 0.6 is 0 Å². The molecule has 0 aliphatic rings. The first-order valence-corrected chi connectivity index (χ1v) is 7.96. The quantitative estimate of drug-likeness (QED) is 0.311. The van der Waals surface area contributed by atoms with E-state index in [0.29, 0.717) is 17.9 Å². The summed E-state index contributed by atoms with van der Waals surface area (Å²) in [6, 6.07) is 10.6. The third-order valence-corrected chi connectivity index (χ3v) is 3.45. The van der Waals surface area contributed by atoms with Crippen molar-refractivity contribution in [2.45, 2.75) is 19.8 Å². The Labute approximate surface area is 149 Å². The zero-order chi connectivity index (χ0) is 18.9. The lowest BCUT2D eigenvalue weighted by Crippen LogP contribution is -2.01. The maximum Gasteiger partial charge on any atom is 0.301 e. The molecule has 0 aromatic heterocycles. The van der Waals surface area contributed by atoms with E-state index in [1.165, 1.54) is 18.3 Å². The van der Waals surface area contributed by atoms with Gasteiger partial charge in [-0.25, -0.2) is 0 Å². The van der Waals surface area contributed by atoms with Crippen LogP contribution in [-0.4, -0.2) is 22.7 Å². The number of hydrogen-bond acceptors (Lipinski definition) is 7. The number of hydrazone groups is 1. The normalized spacial score (nSPS) is 10.7. The Morgan fingerprint density at radius 3 is 2.62 bits per heavy atom. The van der Waals surface area contributed by atoms with E-state index in [1.54, 1.807) is 6.07 Å². The average Bonchev–Trinajstić information content (AvgIpc) is 2.63. The lowest BCUT2D eigenvalue weighted by atomic mass is 10.2. The summed E-state index contributed by atoms with van der Waals surface area (Å²) in [6.07, 6.45) is 3.42. The Hall–Kier alpha value is -3.49. The van der Waals surface area contributed by atoms with Gasteiger partial charge in [0, 0.05) is 11.6 Å². The first kappa shape index (κ1) is 18.8. The molecule has 0 bridgehead atoms. The number of anilines is 1. The molecule has 0 atom stereocenters. The molecule has 9 nitrogen and oxygen atoms in total. The zero-order valence-electron chi connectivity index (χ0n) is 14.1. The number of non-ortho nitro benzene ring substituents is 1. The monoisotopic (exact) mass is 358 g/mol. The molecular weight excluding hydrogens is 340 g/mol. The minimum Gasteiger partial charge on any atom is -0.493 e. The van der Waals surface area contributed by atoms with Crippen molar-refractivity contribution in [2.75, 3.05) is 12.0 Å². The molecule has 0 saturated carbocycles. The summed E-state index contributed by atoms with van der Waals surface area (Å²) in [5.41, 5.74) is 2.53. The Morgan fingerprint density at radius 2 is 1.92 bits per heavy atom. The number of hydrogen-bond donors (Lipinski definition) is 1.